The van der Waals surface area contributed by atoms with Crippen molar-refractivity contribution in [2.75, 3.05) is 25.6 Å². The molecule has 2 rings (SSSR count). The minimum Gasteiger partial charge on any atom is -0.476 e. The highest BCUT2D eigenvalue weighted by Gasteiger charge is 2.21. The number of nitrogens with zero attached hydrogens (tertiary/aromatic N) is 3. The van der Waals surface area contributed by atoms with Gasteiger partial charge in [0.1, 0.15) is 12.9 Å². The normalized spacial score (nSPS) is 20.1. The van der Waals surface area contributed by atoms with E-state index in [9.17, 15) is 0 Å². The second kappa shape index (κ2) is 6.85. The Kier molecular flexibility index (Phi) is 5.14. The maximum absolute atomic E-state index is 5.96. The van der Waals surface area contributed by atoms with Gasteiger partial charge in [0.05, 0.1) is 5.56 Å². The number of likely N-dealkylation sites (N-methyl/N-ethyl adjacent to an activating group) is 1. The Morgan fingerprint density at radius 3 is 2.90 bits per heavy atom. The van der Waals surface area contributed by atoms with Gasteiger partial charge in [0.2, 0.25) is 5.88 Å². The van der Waals surface area contributed by atoms with Crippen LogP contribution in [0.1, 0.15) is 44.6 Å². The molecule has 20 heavy (non-hydrogen) atoms. The molecular formula is C14H25N5O. The van der Waals surface area contributed by atoms with Crippen LogP contribution in [0, 0.1) is 0 Å². The van der Waals surface area contributed by atoms with Crippen molar-refractivity contribution < 1.29 is 4.74 Å². The Hall–Kier alpha value is -1.40. The first-order valence-corrected chi connectivity index (χ1v) is 7.28. The Labute approximate surface area is 120 Å². The highest BCUT2D eigenvalue weighted by atomic mass is 16.5. The summed E-state index contributed by atoms with van der Waals surface area (Å²) in [6, 6.07) is 0.466. The van der Waals surface area contributed by atoms with Crippen LogP contribution in [0.3, 0.4) is 0 Å². The smallest absolute Gasteiger partial charge is 0.222 e. The van der Waals surface area contributed by atoms with E-state index in [0.717, 1.165) is 12.1 Å². The largest absolute Gasteiger partial charge is 0.476 e. The first-order chi connectivity index (χ1) is 9.63. The SMILES string of the molecule is CC(C)c1c(NN)ncnc1OCC1CCCCN1C. The molecule has 0 bridgehead atoms. The zero-order chi connectivity index (χ0) is 14.5. The van der Waals surface area contributed by atoms with Crippen molar-refractivity contribution in [2.45, 2.75) is 45.1 Å². The standard InChI is InChI=1S/C14H25N5O/c1-10(2)12-13(18-15)16-9-17-14(12)20-8-11-6-4-5-7-19(11)3/h9-11H,4-8,15H2,1-3H3,(H,16,17,18). The zero-order valence-electron chi connectivity index (χ0n) is 12.6. The summed E-state index contributed by atoms with van der Waals surface area (Å²) in [5.74, 6) is 7.05. The van der Waals surface area contributed by atoms with Crippen molar-refractivity contribution in [1.29, 1.82) is 0 Å². The predicted octanol–water partition coefficient (Wildman–Crippen LogP) is 1.75. The summed E-state index contributed by atoms with van der Waals surface area (Å²) < 4.78 is 5.96. The molecule has 0 spiro atoms. The van der Waals surface area contributed by atoms with Crippen LogP contribution in [-0.2, 0) is 0 Å². The number of anilines is 1. The van der Waals surface area contributed by atoms with Crippen LogP contribution >= 0.6 is 0 Å². The highest BCUT2D eigenvalue weighted by molar-refractivity contribution is 5.49. The lowest BCUT2D eigenvalue weighted by atomic mass is 10.0. The number of likely N-dealkylation sites (tertiary alicyclic amines) is 1. The van der Waals surface area contributed by atoms with Crippen molar-refractivity contribution in [2.24, 2.45) is 5.84 Å². The van der Waals surface area contributed by atoms with Crippen molar-refractivity contribution in [3.8, 4) is 5.88 Å². The van der Waals surface area contributed by atoms with Gasteiger partial charge in [-0.15, -0.1) is 0 Å². The van der Waals surface area contributed by atoms with Gasteiger partial charge >= 0.3 is 0 Å². The second-order valence-corrected chi connectivity index (χ2v) is 5.68. The first kappa shape index (κ1) is 15.0. The van der Waals surface area contributed by atoms with Crippen LogP contribution < -0.4 is 16.0 Å². The number of hydrazine groups is 1. The van der Waals surface area contributed by atoms with Crippen molar-refractivity contribution in [3.63, 3.8) is 0 Å². The fourth-order valence-electron chi connectivity index (χ4n) is 2.66. The maximum atomic E-state index is 5.96. The Morgan fingerprint density at radius 1 is 1.45 bits per heavy atom. The molecule has 1 aromatic rings. The minimum absolute atomic E-state index is 0.251. The molecule has 2 heterocycles. The number of hydrogen-bond acceptors (Lipinski definition) is 6. The summed E-state index contributed by atoms with van der Waals surface area (Å²) in [5.41, 5.74) is 3.56. The van der Waals surface area contributed by atoms with Gasteiger partial charge in [-0.05, 0) is 32.4 Å². The molecule has 6 heteroatoms. The molecule has 0 aromatic carbocycles. The summed E-state index contributed by atoms with van der Waals surface area (Å²) in [4.78, 5) is 10.8. The maximum Gasteiger partial charge on any atom is 0.222 e. The summed E-state index contributed by atoms with van der Waals surface area (Å²) in [7, 11) is 2.16. The topological polar surface area (TPSA) is 76.3 Å². The quantitative estimate of drug-likeness (QED) is 0.631. The van der Waals surface area contributed by atoms with E-state index < -0.39 is 0 Å². The van der Waals surface area contributed by atoms with Gasteiger partial charge in [0.25, 0.3) is 0 Å². The number of piperidine rings is 1. The summed E-state index contributed by atoms with van der Waals surface area (Å²) in [5, 5.41) is 0. The molecular weight excluding hydrogens is 254 g/mol. The number of nitrogens with two attached hydrogens (primary N) is 1. The minimum atomic E-state index is 0.251. The van der Waals surface area contributed by atoms with Crippen LogP contribution in [0.2, 0.25) is 0 Å². The lowest BCUT2D eigenvalue weighted by Gasteiger charge is -2.32. The summed E-state index contributed by atoms with van der Waals surface area (Å²) in [6.07, 6.45) is 5.22. The molecule has 0 amide bonds. The highest BCUT2D eigenvalue weighted by Crippen LogP contribution is 2.29. The van der Waals surface area contributed by atoms with E-state index in [1.807, 2.05) is 0 Å². The Balaban J connectivity index is 2.08. The molecule has 1 unspecified atom stereocenters. The molecule has 3 N–H and O–H groups in total. The molecule has 1 fully saturated rings. The molecule has 0 saturated carbocycles. The number of ether oxygens (including phenoxy) is 1. The molecule has 1 aliphatic heterocycles. The lowest BCUT2D eigenvalue weighted by Crippen LogP contribution is -2.40. The van der Waals surface area contributed by atoms with Crippen LogP contribution in [0.25, 0.3) is 0 Å². The van der Waals surface area contributed by atoms with Crippen LogP contribution in [0.4, 0.5) is 5.82 Å². The van der Waals surface area contributed by atoms with Crippen molar-refractivity contribution in [1.82, 2.24) is 14.9 Å². The molecule has 1 aromatic heterocycles. The van der Waals surface area contributed by atoms with Crippen LogP contribution in [0.5, 0.6) is 5.88 Å². The number of nitrogen functional groups attached to an aromatic ring is 1. The van der Waals surface area contributed by atoms with E-state index >= 15 is 0 Å². The third-order valence-electron chi connectivity index (χ3n) is 3.90. The molecule has 1 atom stereocenters. The van der Waals surface area contributed by atoms with E-state index in [2.05, 4.69) is 41.2 Å². The molecule has 0 radical (unpaired) electrons. The van der Waals surface area contributed by atoms with Crippen molar-refractivity contribution >= 4 is 5.82 Å². The van der Waals surface area contributed by atoms with E-state index in [0.29, 0.717) is 24.3 Å². The monoisotopic (exact) mass is 279 g/mol. The fraction of sp³-hybridized carbons (Fsp3) is 0.714. The first-order valence-electron chi connectivity index (χ1n) is 7.28. The van der Waals surface area contributed by atoms with E-state index in [4.69, 9.17) is 10.6 Å². The van der Waals surface area contributed by atoms with E-state index in [-0.39, 0.29) is 5.92 Å². The van der Waals surface area contributed by atoms with Crippen LogP contribution in [0.15, 0.2) is 6.33 Å². The van der Waals surface area contributed by atoms with Gasteiger partial charge in [-0.25, -0.2) is 15.8 Å². The molecule has 112 valence electrons. The third-order valence-corrected chi connectivity index (χ3v) is 3.90. The molecule has 1 saturated heterocycles. The molecule has 6 nitrogen and oxygen atoms in total. The van der Waals surface area contributed by atoms with Crippen molar-refractivity contribution in [3.05, 3.63) is 11.9 Å². The fourth-order valence-corrected chi connectivity index (χ4v) is 2.66. The average Bonchev–Trinajstić information content (AvgIpc) is 2.45. The Morgan fingerprint density at radius 2 is 2.25 bits per heavy atom. The van der Waals surface area contributed by atoms with Gasteiger partial charge in [0, 0.05) is 6.04 Å². The third kappa shape index (κ3) is 3.37. The Bertz CT molecular complexity index is 438. The number of hydrogen-bond donors (Lipinski definition) is 2. The average molecular weight is 279 g/mol. The predicted molar refractivity (Wildman–Crippen MR) is 79.7 cm³/mol. The van der Waals surface area contributed by atoms with E-state index in [1.54, 1.807) is 0 Å². The molecule has 1 aliphatic rings. The zero-order valence-corrected chi connectivity index (χ0v) is 12.6. The van der Waals surface area contributed by atoms with Gasteiger partial charge in [-0.3, -0.25) is 0 Å². The number of rotatable bonds is 5. The summed E-state index contributed by atoms with van der Waals surface area (Å²) >= 11 is 0. The van der Waals surface area contributed by atoms with E-state index in [1.165, 1.54) is 25.6 Å². The van der Waals surface area contributed by atoms with Gasteiger partial charge in [-0.2, -0.15) is 0 Å². The van der Waals surface area contributed by atoms with Gasteiger partial charge in [-0.1, -0.05) is 20.3 Å². The molecule has 0 aliphatic carbocycles. The van der Waals surface area contributed by atoms with Gasteiger partial charge in [0.15, 0.2) is 5.82 Å². The number of nitrogens with one attached hydrogen (secondary N) is 1. The summed E-state index contributed by atoms with van der Waals surface area (Å²) in [6.45, 7) is 5.97. The second-order valence-electron chi connectivity index (χ2n) is 5.68. The van der Waals surface area contributed by atoms with Crippen LogP contribution in [-0.4, -0.2) is 41.1 Å². The lowest BCUT2D eigenvalue weighted by molar-refractivity contribution is 0.122. The number of aromatic nitrogens is 2. The van der Waals surface area contributed by atoms with Gasteiger partial charge < -0.3 is 15.1 Å².